The summed E-state index contributed by atoms with van der Waals surface area (Å²) in [7, 11) is 1.62. The molecule has 1 aromatic heterocycles. The predicted molar refractivity (Wildman–Crippen MR) is 123 cm³/mol. The summed E-state index contributed by atoms with van der Waals surface area (Å²) in [6.07, 6.45) is 8.06. The van der Waals surface area contributed by atoms with Gasteiger partial charge in [-0.3, -0.25) is 14.6 Å². The number of nitrogens with one attached hydrogen (secondary N) is 1. The lowest BCUT2D eigenvalue weighted by Crippen LogP contribution is -2.43. The van der Waals surface area contributed by atoms with Gasteiger partial charge < -0.3 is 10.1 Å². The van der Waals surface area contributed by atoms with Crippen LogP contribution in [0.25, 0.3) is 6.08 Å². The largest absolute Gasteiger partial charge is 0.496 e. The highest BCUT2D eigenvalue weighted by Gasteiger charge is 2.42. The normalized spacial score (nSPS) is 21.4. The molecule has 0 saturated heterocycles. The first-order valence-corrected chi connectivity index (χ1v) is 11.5. The standard InChI is InChI=1S/C27H27N3O3/c1-33-25-6-2-4-18-11-20(12-21(18)25)26(32)30-22(10-17-7-8-17)24(31)15-27(16-28)13-19-5-3-9-29-23(19)14-27/h2-6,9,12,17,22H,7-8,10-11,13-15H2,1H3,(H,30,32). The summed E-state index contributed by atoms with van der Waals surface area (Å²) in [5, 5.41) is 13.0. The number of aromatic nitrogens is 1. The number of methoxy groups -OCH3 is 1. The number of fused-ring (bicyclic) bond motifs is 2. The van der Waals surface area contributed by atoms with E-state index in [0.29, 0.717) is 37.2 Å². The van der Waals surface area contributed by atoms with E-state index in [0.717, 1.165) is 41.0 Å². The molecule has 1 heterocycles. The van der Waals surface area contributed by atoms with Crippen molar-refractivity contribution in [2.75, 3.05) is 7.11 Å². The molecular formula is C27H27N3O3. The first kappa shape index (κ1) is 21.4. The monoisotopic (exact) mass is 441 g/mol. The minimum absolute atomic E-state index is 0.0571. The Kier molecular flexibility index (Phi) is 5.49. The molecule has 168 valence electrons. The van der Waals surface area contributed by atoms with E-state index in [1.165, 1.54) is 0 Å². The topological polar surface area (TPSA) is 92.1 Å². The second-order valence-electron chi connectivity index (χ2n) is 9.58. The lowest BCUT2D eigenvalue weighted by molar-refractivity contribution is -0.127. The van der Waals surface area contributed by atoms with E-state index in [1.54, 1.807) is 13.3 Å². The third kappa shape index (κ3) is 4.28. The molecule has 1 amide bonds. The van der Waals surface area contributed by atoms with Crippen molar-refractivity contribution in [2.24, 2.45) is 11.3 Å². The molecule has 0 bridgehead atoms. The van der Waals surface area contributed by atoms with Crippen molar-refractivity contribution in [1.82, 2.24) is 10.3 Å². The van der Waals surface area contributed by atoms with Crippen molar-refractivity contribution in [3.8, 4) is 11.8 Å². The summed E-state index contributed by atoms with van der Waals surface area (Å²) in [5.41, 5.74) is 3.76. The first-order valence-electron chi connectivity index (χ1n) is 11.5. The van der Waals surface area contributed by atoms with Gasteiger partial charge in [-0.15, -0.1) is 0 Å². The van der Waals surface area contributed by atoms with E-state index in [9.17, 15) is 14.9 Å². The minimum atomic E-state index is -0.781. The lowest BCUT2D eigenvalue weighted by Gasteiger charge is -2.24. The van der Waals surface area contributed by atoms with Crippen molar-refractivity contribution >= 4 is 17.8 Å². The molecule has 0 radical (unpaired) electrons. The van der Waals surface area contributed by atoms with Crippen molar-refractivity contribution in [3.63, 3.8) is 0 Å². The van der Waals surface area contributed by atoms with Gasteiger partial charge in [0.15, 0.2) is 5.78 Å². The van der Waals surface area contributed by atoms with Crippen LogP contribution < -0.4 is 10.1 Å². The van der Waals surface area contributed by atoms with E-state index >= 15 is 0 Å². The maximum atomic E-state index is 13.4. The minimum Gasteiger partial charge on any atom is -0.496 e. The number of ketones is 1. The Morgan fingerprint density at radius 2 is 2.06 bits per heavy atom. The van der Waals surface area contributed by atoms with Crippen LogP contribution in [0.2, 0.25) is 0 Å². The summed E-state index contributed by atoms with van der Waals surface area (Å²) in [4.78, 5) is 31.0. The Hall–Kier alpha value is -3.46. The van der Waals surface area contributed by atoms with Crippen LogP contribution in [0, 0.1) is 22.7 Å². The number of Topliss-reactive ketones (excluding diaryl/α,β-unsaturated/α-hetero) is 1. The number of benzene rings is 1. The maximum Gasteiger partial charge on any atom is 0.248 e. The predicted octanol–water partition coefficient (Wildman–Crippen LogP) is 3.58. The number of hydrogen-bond donors (Lipinski definition) is 1. The van der Waals surface area contributed by atoms with E-state index < -0.39 is 11.5 Å². The second-order valence-corrected chi connectivity index (χ2v) is 9.58. The van der Waals surface area contributed by atoms with Gasteiger partial charge in [-0.05, 0) is 48.1 Å². The van der Waals surface area contributed by atoms with Crippen LogP contribution >= 0.6 is 0 Å². The Balaban J connectivity index is 1.31. The zero-order valence-corrected chi connectivity index (χ0v) is 18.8. The molecule has 5 rings (SSSR count). The van der Waals surface area contributed by atoms with Gasteiger partial charge in [0.1, 0.15) is 5.75 Å². The Morgan fingerprint density at radius 3 is 2.79 bits per heavy atom. The third-order valence-corrected chi connectivity index (χ3v) is 7.10. The van der Waals surface area contributed by atoms with Crippen LogP contribution in [0.3, 0.4) is 0 Å². The highest BCUT2D eigenvalue weighted by Crippen LogP contribution is 2.40. The van der Waals surface area contributed by atoms with E-state index in [4.69, 9.17) is 4.74 Å². The number of rotatable bonds is 8. The van der Waals surface area contributed by atoms with Crippen LogP contribution in [0.4, 0.5) is 0 Å². The molecule has 6 heteroatoms. The van der Waals surface area contributed by atoms with E-state index in [2.05, 4.69) is 16.4 Å². The fourth-order valence-electron chi connectivity index (χ4n) is 5.11. The molecule has 1 fully saturated rings. The number of nitrogens with zero attached hydrogens (tertiary/aromatic N) is 2. The molecule has 1 N–H and O–H groups in total. The average Bonchev–Trinajstić information content (AvgIpc) is 3.40. The fraction of sp³-hybridized carbons (Fsp3) is 0.407. The lowest BCUT2D eigenvalue weighted by atomic mass is 9.79. The van der Waals surface area contributed by atoms with Crippen LogP contribution in [-0.4, -0.2) is 29.8 Å². The zero-order valence-electron chi connectivity index (χ0n) is 18.8. The maximum absolute atomic E-state index is 13.4. The third-order valence-electron chi connectivity index (χ3n) is 7.10. The molecule has 33 heavy (non-hydrogen) atoms. The highest BCUT2D eigenvalue weighted by molar-refractivity contribution is 6.03. The number of hydrogen-bond acceptors (Lipinski definition) is 5. The molecule has 3 aliphatic rings. The van der Waals surface area contributed by atoms with Crippen molar-refractivity contribution in [3.05, 3.63) is 64.5 Å². The van der Waals surface area contributed by atoms with Crippen LogP contribution in [-0.2, 0) is 28.9 Å². The highest BCUT2D eigenvalue weighted by atomic mass is 16.5. The summed E-state index contributed by atoms with van der Waals surface area (Å²) in [5.74, 6) is 0.939. The molecule has 0 spiro atoms. The summed E-state index contributed by atoms with van der Waals surface area (Å²) in [6, 6.07) is 11.5. The summed E-state index contributed by atoms with van der Waals surface area (Å²) >= 11 is 0. The van der Waals surface area contributed by atoms with Crippen molar-refractivity contribution in [2.45, 2.75) is 51.0 Å². The zero-order chi connectivity index (χ0) is 23.0. The van der Waals surface area contributed by atoms with Crippen molar-refractivity contribution < 1.29 is 14.3 Å². The van der Waals surface area contributed by atoms with Gasteiger partial charge >= 0.3 is 0 Å². The molecule has 2 unspecified atom stereocenters. The van der Waals surface area contributed by atoms with Gasteiger partial charge in [0, 0.05) is 42.3 Å². The number of pyridine rings is 1. The molecule has 1 saturated carbocycles. The van der Waals surface area contributed by atoms with Gasteiger partial charge in [-0.2, -0.15) is 5.26 Å². The van der Waals surface area contributed by atoms with Crippen LogP contribution in [0.1, 0.15) is 48.1 Å². The van der Waals surface area contributed by atoms with Crippen LogP contribution in [0.5, 0.6) is 5.75 Å². The van der Waals surface area contributed by atoms with E-state index in [1.807, 2.05) is 36.4 Å². The quantitative estimate of drug-likeness (QED) is 0.676. The van der Waals surface area contributed by atoms with E-state index in [-0.39, 0.29) is 18.1 Å². The Bertz CT molecular complexity index is 1160. The fourth-order valence-corrected chi connectivity index (χ4v) is 5.11. The Morgan fingerprint density at radius 1 is 1.24 bits per heavy atom. The molecule has 1 aromatic carbocycles. The van der Waals surface area contributed by atoms with Gasteiger partial charge in [0.25, 0.3) is 0 Å². The van der Waals surface area contributed by atoms with Crippen molar-refractivity contribution in [1.29, 1.82) is 5.26 Å². The molecule has 0 aliphatic heterocycles. The molecular weight excluding hydrogens is 414 g/mol. The SMILES string of the molecule is COc1cccc2c1C=C(C(=O)NC(CC1CC1)C(=O)CC1(C#N)Cc3cccnc3C1)C2. The van der Waals surface area contributed by atoms with Gasteiger partial charge in [0.2, 0.25) is 5.91 Å². The molecule has 2 aromatic rings. The number of amides is 1. The molecule has 3 aliphatic carbocycles. The first-order chi connectivity index (χ1) is 16.0. The second kappa shape index (κ2) is 8.47. The van der Waals surface area contributed by atoms with Gasteiger partial charge in [0.05, 0.1) is 24.6 Å². The molecule has 6 nitrogen and oxygen atoms in total. The number of nitriles is 1. The Labute approximate surface area is 193 Å². The number of carbonyl (C=O) groups is 2. The molecule has 2 atom stereocenters. The average molecular weight is 442 g/mol. The smallest absolute Gasteiger partial charge is 0.248 e. The number of ether oxygens (including phenoxy) is 1. The van der Waals surface area contributed by atoms with Crippen LogP contribution in [0.15, 0.2) is 42.1 Å². The summed E-state index contributed by atoms with van der Waals surface area (Å²) in [6.45, 7) is 0. The number of carbonyl (C=O) groups excluding carboxylic acids is 2. The summed E-state index contributed by atoms with van der Waals surface area (Å²) < 4.78 is 5.42. The van der Waals surface area contributed by atoms with Gasteiger partial charge in [-0.25, -0.2) is 0 Å². The van der Waals surface area contributed by atoms with Gasteiger partial charge in [-0.1, -0.05) is 31.0 Å².